The number of hydrogen-bond acceptors (Lipinski definition) is 2. The first kappa shape index (κ1) is 16.7. The first-order valence-electron chi connectivity index (χ1n) is 7.86. The van der Waals surface area contributed by atoms with Gasteiger partial charge in [0, 0.05) is 12.2 Å². The average molecular weight is 310 g/mol. The lowest BCUT2D eigenvalue weighted by Gasteiger charge is -2.23. The van der Waals surface area contributed by atoms with Crippen LogP contribution in [0.5, 0.6) is 0 Å². The van der Waals surface area contributed by atoms with Crippen LogP contribution in [0.1, 0.15) is 25.3 Å². The minimum atomic E-state index is -0.231. The summed E-state index contributed by atoms with van der Waals surface area (Å²) in [6.07, 6.45) is 0.716. The summed E-state index contributed by atoms with van der Waals surface area (Å²) in [6, 6.07) is 19.2. The van der Waals surface area contributed by atoms with Crippen LogP contribution < -0.4 is 10.2 Å². The molecule has 23 heavy (non-hydrogen) atoms. The van der Waals surface area contributed by atoms with E-state index in [4.69, 9.17) is 0 Å². The van der Waals surface area contributed by atoms with Gasteiger partial charge in [-0.15, -0.1) is 0 Å². The Bertz CT molecular complexity index is 626. The van der Waals surface area contributed by atoms with E-state index in [1.165, 1.54) is 0 Å². The van der Waals surface area contributed by atoms with Gasteiger partial charge >= 0.3 is 0 Å². The number of carbonyl (C=O) groups excluding carboxylic acids is 2. The predicted molar refractivity (Wildman–Crippen MR) is 92.0 cm³/mol. The number of benzene rings is 2. The van der Waals surface area contributed by atoms with Crippen LogP contribution in [0.4, 0.5) is 5.69 Å². The molecule has 0 aliphatic carbocycles. The molecule has 0 saturated heterocycles. The Labute approximate surface area is 137 Å². The molecule has 0 fully saturated rings. The molecule has 2 aromatic rings. The third kappa shape index (κ3) is 5.25. The molecule has 4 nitrogen and oxygen atoms in total. The summed E-state index contributed by atoms with van der Waals surface area (Å²) in [4.78, 5) is 26.1. The van der Waals surface area contributed by atoms with E-state index in [0.29, 0.717) is 13.1 Å². The molecule has 0 bridgehead atoms. The zero-order valence-electron chi connectivity index (χ0n) is 13.4. The van der Waals surface area contributed by atoms with Crippen molar-refractivity contribution >= 4 is 17.5 Å². The number of para-hydroxylation sites is 1. The fourth-order valence-electron chi connectivity index (χ4n) is 2.26. The first-order chi connectivity index (χ1) is 11.2. The number of amides is 2. The van der Waals surface area contributed by atoms with Crippen molar-refractivity contribution in [2.75, 3.05) is 11.4 Å². The van der Waals surface area contributed by atoms with Crippen LogP contribution in [0.2, 0.25) is 0 Å². The van der Waals surface area contributed by atoms with Gasteiger partial charge in [0.25, 0.3) is 0 Å². The molecule has 0 unspecified atom stereocenters. The third-order valence-electron chi connectivity index (χ3n) is 3.44. The molecule has 0 radical (unpaired) electrons. The fourth-order valence-corrected chi connectivity index (χ4v) is 2.26. The van der Waals surface area contributed by atoms with E-state index in [2.05, 4.69) is 5.32 Å². The fraction of sp³-hybridized carbons (Fsp3) is 0.263. The summed E-state index contributed by atoms with van der Waals surface area (Å²) in [5, 5.41) is 2.75. The second kappa shape index (κ2) is 8.73. The number of anilines is 1. The monoisotopic (exact) mass is 310 g/mol. The highest BCUT2D eigenvalue weighted by Gasteiger charge is 2.19. The zero-order valence-corrected chi connectivity index (χ0v) is 13.4. The Morgan fingerprint density at radius 3 is 2.17 bits per heavy atom. The van der Waals surface area contributed by atoms with E-state index in [0.717, 1.165) is 17.7 Å². The molecule has 2 amide bonds. The largest absolute Gasteiger partial charge is 0.356 e. The van der Waals surface area contributed by atoms with Gasteiger partial charge in [-0.3, -0.25) is 9.59 Å². The maximum absolute atomic E-state index is 12.6. The van der Waals surface area contributed by atoms with Crippen molar-refractivity contribution in [1.29, 1.82) is 0 Å². The number of nitrogens with one attached hydrogen (secondary N) is 1. The van der Waals surface area contributed by atoms with E-state index in [-0.39, 0.29) is 18.2 Å². The van der Waals surface area contributed by atoms with Crippen molar-refractivity contribution in [3.05, 3.63) is 66.2 Å². The molecule has 2 rings (SSSR count). The van der Waals surface area contributed by atoms with Gasteiger partial charge in [-0.1, -0.05) is 55.5 Å². The SMILES string of the molecule is CCCNC(=O)CC(=O)N(Cc1ccccc1)c1ccccc1. The highest BCUT2D eigenvalue weighted by molar-refractivity contribution is 6.04. The van der Waals surface area contributed by atoms with Crippen LogP contribution >= 0.6 is 0 Å². The van der Waals surface area contributed by atoms with E-state index in [1.54, 1.807) is 4.90 Å². The van der Waals surface area contributed by atoms with Crippen LogP contribution in [-0.2, 0) is 16.1 Å². The third-order valence-corrected chi connectivity index (χ3v) is 3.44. The van der Waals surface area contributed by atoms with Gasteiger partial charge < -0.3 is 10.2 Å². The number of rotatable bonds is 7. The average Bonchev–Trinajstić information content (AvgIpc) is 2.59. The van der Waals surface area contributed by atoms with E-state index >= 15 is 0 Å². The highest BCUT2D eigenvalue weighted by atomic mass is 16.2. The standard InChI is InChI=1S/C19H22N2O2/c1-2-13-20-18(22)14-19(23)21(17-11-7-4-8-12-17)15-16-9-5-3-6-10-16/h3-12H,2,13-15H2,1H3,(H,20,22). The van der Waals surface area contributed by atoms with Gasteiger partial charge in [0.05, 0.1) is 6.54 Å². The highest BCUT2D eigenvalue weighted by Crippen LogP contribution is 2.18. The van der Waals surface area contributed by atoms with Crippen LogP contribution in [0.3, 0.4) is 0 Å². The van der Waals surface area contributed by atoms with Gasteiger partial charge in [-0.25, -0.2) is 0 Å². The Morgan fingerprint density at radius 2 is 1.57 bits per heavy atom. The van der Waals surface area contributed by atoms with E-state index in [9.17, 15) is 9.59 Å². The van der Waals surface area contributed by atoms with Gasteiger partial charge in [0.15, 0.2) is 0 Å². The van der Waals surface area contributed by atoms with Crippen LogP contribution in [0.25, 0.3) is 0 Å². The van der Waals surface area contributed by atoms with Crippen LogP contribution in [-0.4, -0.2) is 18.4 Å². The van der Waals surface area contributed by atoms with Gasteiger partial charge in [-0.05, 0) is 24.1 Å². The van der Waals surface area contributed by atoms with Crippen molar-refractivity contribution in [1.82, 2.24) is 5.32 Å². The molecule has 4 heteroatoms. The molecule has 0 saturated carbocycles. The van der Waals surface area contributed by atoms with E-state index < -0.39 is 0 Å². The quantitative estimate of drug-likeness (QED) is 0.799. The Kier molecular flexibility index (Phi) is 6.36. The Hall–Kier alpha value is -2.62. The van der Waals surface area contributed by atoms with E-state index in [1.807, 2.05) is 67.6 Å². The molecule has 1 N–H and O–H groups in total. The maximum atomic E-state index is 12.6. The summed E-state index contributed by atoms with van der Waals surface area (Å²) >= 11 is 0. The molecule has 120 valence electrons. The second-order valence-electron chi connectivity index (χ2n) is 5.33. The lowest BCUT2D eigenvalue weighted by Crippen LogP contribution is -2.35. The molecule has 0 aliphatic heterocycles. The Morgan fingerprint density at radius 1 is 0.957 bits per heavy atom. The summed E-state index contributed by atoms with van der Waals surface area (Å²) < 4.78 is 0. The smallest absolute Gasteiger partial charge is 0.236 e. The lowest BCUT2D eigenvalue weighted by molar-refractivity contribution is -0.128. The molecular formula is C19H22N2O2. The molecule has 0 aliphatic rings. The molecule has 0 spiro atoms. The van der Waals surface area contributed by atoms with Crippen LogP contribution in [0, 0.1) is 0 Å². The molecular weight excluding hydrogens is 288 g/mol. The topological polar surface area (TPSA) is 49.4 Å². The lowest BCUT2D eigenvalue weighted by atomic mass is 10.2. The second-order valence-corrected chi connectivity index (χ2v) is 5.33. The zero-order chi connectivity index (χ0) is 16.5. The van der Waals surface area contributed by atoms with Gasteiger partial charge in [0.2, 0.25) is 11.8 Å². The summed E-state index contributed by atoms with van der Waals surface area (Å²) in [5.41, 5.74) is 1.82. The van der Waals surface area contributed by atoms with Crippen molar-refractivity contribution in [2.45, 2.75) is 26.3 Å². The van der Waals surface area contributed by atoms with Crippen molar-refractivity contribution in [3.63, 3.8) is 0 Å². The molecule has 0 atom stereocenters. The molecule has 0 heterocycles. The minimum Gasteiger partial charge on any atom is -0.356 e. The van der Waals surface area contributed by atoms with Crippen molar-refractivity contribution < 1.29 is 9.59 Å². The summed E-state index contributed by atoms with van der Waals surface area (Å²) in [5.74, 6) is -0.431. The molecule has 2 aromatic carbocycles. The predicted octanol–water partition coefficient (Wildman–Crippen LogP) is 3.14. The minimum absolute atomic E-state index is 0.137. The van der Waals surface area contributed by atoms with Gasteiger partial charge in [-0.2, -0.15) is 0 Å². The number of hydrogen-bond donors (Lipinski definition) is 1. The van der Waals surface area contributed by atoms with Crippen LogP contribution in [0.15, 0.2) is 60.7 Å². The Balaban J connectivity index is 2.13. The number of carbonyl (C=O) groups is 2. The van der Waals surface area contributed by atoms with Gasteiger partial charge in [0.1, 0.15) is 6.42 Å². The van der Waals surface area contributed by atoms with Crippen molar-refractivity contribution in [2.24, 2.45) is 0 Å². The number of nitrogens with zero attached hydrogens (tertiary/aromatic N) is 1. The summed E-state index contributed by atoms with van der Waals surface area (Å²) in [6.45, 7) is 3.02. The van der Waals surface area contributed by atoms with Crippen molar-refractivity contribution in [3.8, 4) is 0 Å². The first-order valence-corrected chi connectivity index (χ1v) is 7.86. The maximum Gasteiger partial charge on any atom is 0.236 e. The molecule has 0 aromatic heterocycles. The normalized spacial score (nSPS) is 10.1. The summed E-state index contributed by atoms with van der Waals surface area (Å²) in [7, 11) is 0.